The molecule has 0 aliphatic carbocycles. The molecule has 1 unspecified atom stereocenters. The van der Waals surface area contributed by atoms with Gasteiger partial charge in [-0.2, -0.15) is 0 Å². The summed E-state index contributed by atoms with van der Waals surface area (Å²) in [5, 5.41) is 3.30. The van der Waals surface area contributed by atoms with Crippen LogP contribution in [0.15, 0.2) is 24.3 Å². The summed E-state index contributed by atoms with van der Waals surface area (Å²) in [7, 11) is -1.31. The highest BCUT2D eigenvalue weighted by Gasteiger charge is 2.16. The fourth-order valence-corrected chi connectivity index (χ4v) is 3.06. The van der Waals surface area contributed by atoms with Crippen LogP contribution in [0.1, 0.15) is 32.4 Å². The summed E-state index contributed by atoms with van der Waals surface area (Å²) in [6.45, 7) is 5.60. The zero-order chi connectivity index (χ0) is 14.5. The summed E-state index contributed by atoms with van der Waals surface area (Å²) in [6.07, 6.45) is 0. The minimum Gasteiger partial charge on any atom is -0.497 e. The van der Waals surface area contributed by atoms with E-state index in [9.17, 15) is 8.42 Å². The van der Waals surface area contributed by atoms with Crippen LogP contribution < -0.4 is 10.1 Å². The van der Waals surface area contributed by atoms with Crippen molar-refractivity contribution in [1.29, 1.82) is 0 Å². The van der Waals surface area contributed by atoms with Crippen LogP contribution in [-0.2, 0) is 9.84 Å². The molecule has 0 bridgehead atoms. The molecule has 108 valence electrons. The van der Waals surface area contributed by atoms with Crippen LogP contribution >= 0.6 is 0 Å². The van der Waals surface area contributed by atoms with Crippen LogP contribution in [-0.4, -0.2) is 33.1 Å². The van der Waals surface area contributed by atoms with E-state index in [1.165, 1.54) is 0 Å². The molecule has 0 heterocycles. The summed E-state index contributed by atoms with van der Waals surface area (Å²) < 4.78 is 28.2. The first-order valence-corrected chi connectivity index (χ1v) is 8.30. The first-order valence-electron chi connectivity index (χ1n) is 6.48. The van der Waals surface area contributed by atoms with E-state index < -0.39 is 9.84 Å². The van der Waals surface area contributed by atoms with Gasteiger partial charge in [-0.3, -0.25) is 0 Å². The Balaban J connectivity index is 2.60. The largest absolute Gasteiger partial charge is 0.497 e. The molecule has 1 N–H and O–H groups in total. The number of nitrogens with one attached hydrogen (secondary N) is 1. The molecule has 5 heteroatoms. The van der Waals surface area contributed by atoms with Crippen molar-refractivity contribution in [1.82, 2.24) is 5.32 Å². The average Bonchev–Trinajstić information content (AvgIpc) is 2.38. The first-order chi connectivity index (χ1) is 8.88. The van der Waals surface area contributed by atoms with Crippen molar-refractivity contribution >= 4 is 9.84 Å². The first kappa shape index (κ1) is 16.0. The van der Waals surface area contributed by atoms with Crippen molar-refractivity contribution in [3.63, 3.8) is 0 Å². The average molecular weight is 285 g/mol. The Morgan fingerprint density at radius 3 is 2.26 bits per heavy atom. The topological polar surface area (TPSA) is 55.4 Å². The molecule has 2 atom stereocenters. The Labute approximate surface area is 116 Å². The van der Waals surface area contributed by atoms with Gasteiger partial charge in [0.15, 0.2) is 9.84 Å². The molecule has 4 nitrogen and oxygen atoms in total. The maximum absolute atomic E-state index is 11.6. The van der Waals surface area contributed by atoms with Crippen LogP contribution in [0.25, 0.3) is 0 Å². The summed E-state index contributed by atoms with van der Waals surface area (Å²) in [6, 6.07) is 7.81. The van der Waals surface area contributed by atoms with E-state index >= 15 is 0 Å². The van der Waals surface area contributed by atoms with Crippen LogP contribution in [0, 0.1) is 0 Å². The minimum atomic E-state index is -2.94. The van der Waals surface area contributed by atoms with Crippen molar-refractivity contribution in [2.45, 2.75) is 32.9 Å². The van der Waals surface area contributed by atoms with Gasteiger partial charge in [0.2, 0.25) is 0 Å². The summed E-state index contributed by atoms with van der Waals surface area (Å²) in [5.74, 6) is 1.18. The van der Waals surface area contributed by atoms with Crippen LogP contribution in [0.2, 0.25) is 0 Å². The maximum atomic E-state index is 11.6. The number of hydrogen-bond donors (Lipinski definition) is 1. The lowest BCUT2D eigenvalue weighted by Gasteiger charge is -2.20. The minimum absolute atomic E-state index is 0.0675. The lowest BCUT2D eigenvalue weighted by atomic mass is 10.1. The zero-order valence-corrected chi connectivity index (χ0v) is 12.8. The predicted octanol–water partition coefficient (Wildman–Crippen LogP) is 2.17. The normalized spacial score (nSPS) is 14.9. The van der Waals surface area contributed by atoms with Crippen LogP contribution in [0.5, 0.6) is 5.75 Å². The number of rotatable bonds is 7. The Morgan fingerprint density at radius 2 is 1.79 bits per heavy atom. The Kier molecular flexibility index (Phi) is 5.82. The van der Waals surface area contributed by atoms with Crippen molar-refractivity contribution in [3.05, 3.63) is 29.8 Å². The molecule has 0 aliphatic rings. The van der Waals surface area contributed by atoms with Gasteiger partial charge in [0, 0.05) is 17.8 Å². The van der Waals surface area contributed by atoms with Gasteiger partial charge in [0.05, 0.1) is 12.9 Å². The summed E-state index contributed by atoms with van der Waals surface area (Å²) >= 11 is 0. The predicted molar refractivity (Wildman–Crippen MR) is 78.3 cm³/mol. The molecule has 0 aliphatic heterocycles. The van der Waals surface area contributed by atoms with Gasteiger partial charge < -0.3 is 10.1 Å². The third-order valence-electron chi connectivity index (χ3n) is 3.09. The molecular formula is C14H23NO3S. The van der Waals surface area contributed by atoms with Gasteiger partial charge >= 0.3 is 0 Å². The van der Waals surface area contributed by atoms with E-state index in [0.717, 1.165) is 11.3 Å². The number of hydrogen-bond acceptors (Lipinski definition) is 4. The van der Waals surface area contributed by atoms with Gasteiger partial charge in [-0.1, -0.05) is 19.1 Å². The van der Waals surface area contributed by atoms with Crippen molar-refractivity contribution in [2.75, 3.05) is 18.6 Å². The molecule has 1 rings (SSSR count). The van der Waals surface area contributed by atoms with Crippen LogP contribution in [0.4, 0.5) is 0 Å². The van der Waals surface area contributed by atoms with E-state index in [0.29, 0.717) is 0 Å². The lowest BCUT2D eigenvalue weighted by molar-refractivity contribution is 0.414. The van der Waals surface area contributed by atoms with Gasteiger partial charge in [-0.05, 0) is 31.5 Å². The summed E-state index contributed by atoms with van der Waals surface area (Å²) in [5.41, 5.74) is 1.11. The standard InChI is InChI=1S/C14H23NO3S/c1-5-19(16,17)10-11(2)15-12(3)13-6-8-14(18-4)9-7-13/h6-9,11-12,15H,5,10H2,1-4H3/t11?,12-/m1/s1. The van der Waals surface area contributed by atoms with E-state index in [-0.39, 0.29) is 23.6 Å². The fraction of sp³-hybridized carbons (Fsp3) is 0.571. The van der Waals surface area contributed by atoms with Gasteiger partial charge in [0.25, 0.3) is 0 Å². The molecule has 0 radical (unpaired) electrons. The molecule has 0 fully saturated rings. The van der Waals surface area contributed by atoms with E-state index in [1.807, 2.05) is 38.1 Å². The SMILES string of the molecule is CCS(=O)(=O)CC(C)N[C@H](C)c1ccc(OC)cc1. The van der Waals surface area contributed by atoms with Crippen molar-refractivity contribution < 1.29 is 13.2 Å². The third-order valence-corrected chi connectivity index (χ3v) is 4.98. The second-order valence-corrected chi connectivity index (χ2v) is 7.16. The molecule has 0 spiro atoms. The van der Waals surface area contributed by atoms with E-state index in [4.69, 9.17) is 4.74 Å². The van der Waals surface area contributed by atoms with Crippen LogP contribution in [0.3, 0.4) is 0 Å². The fourth-order valence-electron chi connectivity index (χ4n) is 1.96. The number of benzene rings is 1. The maximum Gasteiger partial charge on any atom is 0.151 e. The summed E-state index contributed by atoms with van der Waals surface area (Å²) in [4.78, 5) is 0. The second-order valence-electron chi connectivity index (χ2n) is 4.76. The highest BCUT2D eigenvalue weighted by atomic mass is 32.2. The smallest absolute Gasteiger partial charge is 0.151 e. The molecule has 0 amide bonds. The highest BCUT2D eigenvalue weighted by Crippen LogP contribution is 2.17. The molecular weight excluding hydrogens is 262 g/mol. The highest BCUT2D eigenvalue weighted by molar-refractivity contribution is 7.91. The quantitative estimate of drug-likeness (QED) is 0.834. The number of methoxy groups -OCH3 is 1. The Hall–Kier alpha value is -1.07. The van der Waals surface area contributed by atoms with E-state index in [1.54, 1.807) is 14.0 Å². The molecule has 1 aromatic rings. The monoisotopic (exact) mass is 285 g/mol. The number of sulfone groups is 1. The van der Waals surface area contributed by atoms with Crippen molar-refractivity contribution in [2.24, 2.45) is 0 Å². The second kappa shape index (κ2) is 6.91. The molecule has 19 heavy (non-hydrogen) atoms. The Bertz CT molecular complexity index is 482. The Morgan fingerprint density at radius 1 is 1.21 bits per heavy atom. The molecule has 0 saturated carbocycles. The molecule has 0 saturated heterocycles. The molecule has 1 aromatic carbocycles. The molecule has 0 aromatic heterocycles. The van der Waals surface area contributed by atoms with Gasteiger partial charge in [-0.25, -0.2) is 8.42 Å². The number of ether oxygens (including phenoxy) is 1. The zero-order valence-electron chi connectivity index (χ0n) is 12.0. The van der Waals surface area contributed by atoms with Gasteiger partial charge in [0.1, 0.15) is 5.75 Å². The lowest BCUT2D eigenvalue weighted by Crippen LogP contribution is -2.35. The van der Waals surface area contributed by atoms with E-state index in [2.05, 4.69) is 5.32 Å². The van der Waals surface area contributed by atoms with Crippen molar-refractivity contribution in [3.8, 4) is 5.75 Å². The third kappa shape index (κ3) is 5.20. The van der Waals surface area contributed by atoms with Gasteiger partial charge in [-0.15, -0.1) is 0 Å².